The fourth-order valence-electron chi connectivity index (χ4n) is 2.00. The molecule has 2 rings (SSSR count). The highest BCUT2D eigenvalue weighted by Gasteiger charge is 2.07. The number of ketones is 1. The number of benzene rings is 2. The van der Waals surface area contributed by atoms with E-state index in [1.807, 2.05) is 0 Å². The van der Waals surface area contributed by atoms with Crippen LogP contribution in [-0.2, 0) is 0 Å². The first kappa shape index (κ1) is 14.8. The van der Waals surface area contributed by atoms with Crippen molar-refractivity contribution in [2.75, 3.05) is 5.75 Å². The maximum Gasteiger partial charge on any atom is 0.163 e. The molecule has 0 spiro atoms. The summed E-state index contributed by atoms with van der Waals surface area (Å²) in [6.45, 7) is 4.15. The van der Waals surface area contributed by atoms with Crippen molar-refractivity contribution in [1.82, 2.24) is 0 Å². The van der Waals surface area contributed by atoms with E-state index in [1.54, 1.807) is 23.9 Å². The molecule has 0 aromatic heterocycles. The Morgan fingerprint density at radius 2 is 1.80 bits per heavy atom. The molecule has 0 aliphatic rings. The van der Waals surface area contributed by atoms with Gasteiger partial charge in [0.2, 0.25) is 0 Å². The zero-order valence-corrected chi connectivity index (χ0v) is 12.5. The quantitative estimate of drug-likeness (QED) is 0.580. The highest BCUT2D eigenvalue weighted by atomic mass is 32.2. The van der Waals surface area contributed by atoms with Gasteiger partial charge in [-0.25, -0.2) is 4.39 Å². The summed E-state index contributed by atoms with van der Waals surface area (Å²) in [4.78, 5) is 13.2. The van der Waals surface area contributed by atoms with Crippen LogP contribution in [-0.4, -0.2) is 11.5 Å². The van der Waals surface area contributed by atoms with Crippen LogP contribution in [0.15, 0.2) is 47.4 Å². The molecule has 0 fully saturated rings. The summed E-state index contributed by atoms with van der Waals surface area (Å²) in [6.07, 6.45) is 0.462. The zero-order chi connectivity index (χ0) is 14.5. The predicted octanol–water partition coefficient (Wildman–Crippen LogP) is 4.81. The summed E-state index contributed by atoms with van der Waals surface area (Å²) in [6, 6.07) is 12.0. The molecule has 0 saturated carbocycles. The largest absolute Gasteiger partial charge is 0.294 e. The van der Waals surface area contributed by atoms with Crippen LogP contribution >= 0.6 is 11.8 Å². The Labute approximate surface area is 123 Å². The first-order valence-electron chi connectivity index (χ1n) is 6.55. The number of halogens is 1. The van der Waals surface area contributed by atoms with E-state index in [1.165, 1.54) is 28.2 Å². The van der Waals surface area contributed by atoms with Crippen LogP contribution in [0.3, 0.4) is 0 Å². The second-order valence-electron chi connectivity index (χ2n) is 4.80. The molecule has 0 bridgehead atoms. The maximum atomic E-state index is 12.8. The number of rotatable bonds is 5. The molecule has 0 aliphatic carbocycles. The van der Waals surface area contributed by atoms with E-state index < -0.39 is 0 Å². The summed E-state index contributed by atoms with van der Waals surface area (Å²) < 4.78 is 12.8. The topological polar surface area (TPSA) is 17.1 Å². The molecule has 0 atom stereocenters. The monoisotopic (exact) mass is 288 g/mol. The lowest BCUT2D eigenvalue weighted by molar-refractivity contribution is 0.0989. The summed E-state index contributed by atoms with van der Waals surface area (Å²) in [7, 11) is 0. The van der Waals surface area contributed by atoms with Gasteiger partial charge in [-0.05, 0) is 49.7 Å². The number of carbonyl (C=O) groups excluding carboxylic acids is 1. The molecule has 104 valence electrons. The summed E-state index contributed by atoms with van der Waals surface area (Å²) in [5.74, 6) is 0.480. The van der Waals surface area contributed by atoms with Crippen molar-refractivity contribution in [2.45, 2.75) is 25.2 Å². The fourth-order valence-corrected chi connectivity index (χ4v) is 2.95. The molecule has 3 heteroatoms. The minimum Gasteiger partial charge on any atom is -0.294 e. The van der Waals surface area contributed by atoms with Gasteiger partial charge in [0, 0.05) is 22.6 Å². The summed E-state index contributed by atoms with van der Waals surface area (Å²) >= 11 is 1.69. The van der Waals surface area contributed by atoms with E-state index in [0.29, 0.717) is 12.0 Å². The van der Waals surface area contributed by atoms with Crippen molar-refractivity contribution < 1.29 is 9.18 Å². The number of Topliss-reactive ketones (excluding diaryl/α,β-unsaturated/α-hetero) is 1. The van der Waals surface area contributed by atoms with Crippen LogP contribution in [0.1, 0.15) is 27.9 Å². The molecule has 0 heterocycles. The average molecular weight is 288 g/mol. The third-order valence-corrected chi connectivity index (χ3v) is 4.26. The molecule has 20 heavy (non-hydrogen) atoms. The van der Waals surface area contributed by atoms with Gasteiger partial charge >= 0.3 is 0 Å². The molecule has 0 saturated heterocycles. The van der Waals surface area contributed by atoms with E-state index >= 15 is 0 Å². The third kappa shape index (κ3) is 3.94. The molecule has 0 amide bonds. The Morgan fingerprint density at radius 1 is 1.10 bits per heavy atom. The normalized spacial score (nSPS) is 10.6. The Bertz CT molecular complexity index is 605. The third-order valence-electron chi connectivity index (χ3n) is 3.08. The Hall–Kier alpha value is -1.61. The van der Waals surface area contributed by atoms with E-state index in [-0.39, 0.29) is 11.6 Å². The molecule has 0 radical (unpaired) electrons. The molecule has 2 aromatic rings. The van der Waals surface area contributed by atoms with Crippen molar-refractivity contribution in [3.63, 3.8) is 0 Å². The SMILES string of the molecule is Cc1ccc(SCCC(=O)c2ccc(F)cc2)c(C)c1. The first-order valence-corrected chi connectivity index (χ1v) is 7.53. The lowest BCUT2D eigenvalue weighted by atomic mass is 10.1. The Kier molecular flexibility index (Phi) is 4.96. The number of carbonyl (C=O) groups is 1. The van der Waals surface area contributed by atoms with E-state index in [2.05, 4.69) is 32.0 Å². The van der Waals surface area contributed by atoms with Crippen molar-refractivity contribution >= 4 is 17.5 Å². The lowest BCUT2D eigenvalue weighted by Gasteiger charge is -2.06. The van der Waals surface area contributed by atoms with Gasteiger partial charge in [-0.15, -0.1) is 11.8 Å². The van der Waals surface area contributed by atoms with Gasteiger partial charge in [0.15, 0.2) is 5.78 Å². The fraction of sp³-hybridized carbons (Fsp3) is 0.235. The Balaban J connectivity index is 1.89. The van der Waals surface area contributed by atoms with Crippen LogP contribution in [0.2, 0.25) is 0 Å². The van der Waals surface area contributed by atoms with E-state index in [0.717, 1.165) is 5.75 Å². The van der Waals surface area contributed by atoms with Gasteiger partial charge < -0.3 is 0 Å². The van der Waals surface area contributed by atoms with Crippen molar-refractivity contribution in [3.8, 4) is 0 Å². The van der Waals surface area contributed by atoms with Gasteiger partial charge in [0.25, 0.3) is 0 Å². The number of thioether (sulfide) groups is 1. The highest BCUT2D eigenvalue weighted by molar-refractivity contribution is 7.99. The van der Waals surface area contributed by atoms with Gasteiger partial charge in [0.1, 0.15) is 5.82 Å². The predicted molar refractivity (Wildman–Crippen MR) is 82.0 cm³/mol. The summed E-state index contributed by atoms with van der Waals surface area (Å²) in [5.41, 5.74) is 3.06. The lowest BCUT2D eigenvalue weighted by Crippen LogP contribution is -2.00. The molecular formula is C17H17FOS. The smallest absolute Gasteiger partial charge is 0.163 e. The minimum atomic E-state index is -0.314. The van der Waals surface area contributed by atoms with Gasteiger partial charge in [0.05, 0.1) is 0 Å². The molecule has 0 unspecified atom stereocenters. The summed E-state index contributed by atoms with van der Waals surface area (Å²) in [5, 5.41) is 0. The van der Waals surface area contributed by atoms with E-state index in [4.69, 9.17) is 0 Å². The van der Waals surface area contributed by atoms with Crippen LogP contribution < -0.4 is 0 Å². The van der Waals surface area contributed by atoms with Gasteiger partial charge in [-0.1, -0.05) is 17.7 Å². The van der Waals surface area contributed by atoms with Crippen LogP contribution in [0.4, 0.5) is 4.39 Å². The van der Waals surface area contributed by atoms with Gasteiger partial charge in [-0.3, -0.25) is 4.79 Å². The van der Waals surface area contributed by atoms with Crippen LogP contribution in [0.5, 0.6) is 0 Å². The van der Waals surface area contributed by atoms with Crippen LogP contribution in [0.25, 0.3) is 0 Å². The first-order chi connectivity index (χ1) is 9.56. The van der Waals surface area contributed by atoms with Crippen molar-refractivity contribution in [1.29, 1.82) is 0 Å². The average Bonchev–Trinajstić information content (AvgIpc) is 2.42. The maximum absolute atomic E-state index is 12.8. The number of hydrogen-bond acceptors (Lipinski definition) is 2. The van der Waals surface area contributed by atoms with Crippen molar-refractivity contribution in [3.05, 3.63) is 65.0 Å². The van der Waals surface area contributed by atoms with Gasteiger partial charge in [-0.2, -0.15) is 0 Å². The molecule has 1 nitrogen and oxygen atoms in total. The van der Waals surface area contributed by atoms with Crippen molar-refractivity contribution in [2.24, 2.45) is 0 Å². The second kappa shape index (κ2) is 6.71. The van der Waals surface area contributed by atoms with Crippen LogP contribution in [0, 0.1) is 19.7 Å². The van der Waals surface area contributed by atoms with E-state index in [9.17, 15) is 9.18 Å². The number of aryl methyl sites for hydroxylation is 2. The Morgan fingerprint density at radius 3 is 2.45 bits per heavy atom. The molecule has 2 aromatic carbocycles. The number of hydrogen-bond donors (Lipinski definition) is 0. The second-order valence-corrected chi connectivity index (χ2v) is 5.93. The zero-order valence-electron chi connectivity index (χ0n) is 11.7. The highest BCUT2D eigenvalue weighted by Crippen LogP contribution is 2.24. The molecule has 0 N–H and O–H groups in total. The standard InChI is InChI=1S/C17H17FOS/c1-12-3-8-17(13(2)11-12)20-10-9-16(19)14-4-6-15(18)7-5-14/h3-8,11H,9-10H2,1-2H3. The molecule has 0 aliphatic heterocycles. The minimum absolute atomic E-state index is 0.0577. The molecular weight excluding hydrogens is 271 g/mol.